The maximum atomic E-state index is 11.8. The molecular formula is C15H24N2O2S2. The van der Waals surface area contributed by atoms with Gasteiger partial charge in [-0.3, -0.25) is 4.90 Å². The zero-order valence-corrected chi connectivity index (χ0v) is 14.1. The third-order valence-electron chi connectivity index (χ3n) is 3.87. The van der Waals surface area contributed by atoms with Crippen molar-refractivity contribution in [2.24, 2.45) is 5.73 Å². The fraction of sp³-hybridized carbons (Fsp3) is 0.600. The molecule has 1 saturated heterocycles. The van der Waals surface area contributed by atoms with Gasteiger partial charge in [0.15, 0.2) is 9.84 Å². The van der Waals surface area contributed by atoms with Crippen LogP contribution >= 0.6 is 11.8 Å². The molecule has 21 heavy (non-hydrogen) atoms. The largest absolute Gasteiger partial charge is 0.324 e. The monoisotopic (exact) mass is 328 g/mol. The van der Waals surface area contributed by atoms with Crippen LogP contribution in [0.25, 0.3) is 0 Å². The standard InChI is InChI=1S/C15H24N2O2S2/c1-21(18,19)15-12-20-11-10-17(15)9-5-8-14(16)13-6-3-2-4-7-13/h2-4,6-7,14-15H,5,8-12,16H2,1H3. The number of benzene rings is 1. The maximum absolute atomic E-state index is 11.8. The van der Waals surface area contributed by atoms with Gasteiger partial charge in [0.25, 0.3) is 0 Å². The van der Waals surface area contributed by atoms with Crippen LogP contribution in [-0.2, 0) is 9.84 Å². The zero-order valence-electron chi connectivity index (χ0n) is 12.4. The van der Waals surface area contributed by atoms with Crippen molar-refractivity contribution in [3.8, 4) is 0 Å². The summed E-state index contributed by atoms with van der Waals surface area (Å²) in [5.74, 6) is 1.69. The predicted octanol–water partition coefficient (Wildman–Crippen LogP) is 1.89. The molecule has 1 aliphatic rings. The van der Waals surface area contributed by atoms with Gasteiger partial charge in [-0.15, -0.1) is 0 Å². The molecule has 4 nitrogen and oxygen atoms in total. The molecule has 0 saturated carbocycles. The first-order valence-corrected chi connectivity index (χ1v) is 10.4. The molecule has 0 aliphatic carbocycles. The quantitative estimate of drug-likeness (QED) is 0.864. The summed E-state index contributed by atoms with van der Waals surface area (Å²) >= 11 is 1.72. The van der Waals surface area contributed by atoms with Crippen LogP contribution in [0.15, 0.2) is 30.3 Å². The first-order valence-electron chi connectivity index (χ1n) is 7.29. The highest BCUT2D eigenvalue weighted by Gasteiger charge is 2.30. The van der Waals surface area contributed by atoms with Gasteiger partial charge in [0, 0.05) is 30.3 Å². The van der Waals surface area contributed by atoms with Crippen molar-refractivity contribution in [2.45, 2.75) is 24.3 Å². The van der Waals surface area contributed by atoms with Crippen molar-refractivity contribution >= 4 is 21.6 Å². The summed E-state index contributed by atoms with van der Waals surface area (Å²) < 4.78 is 23.7. The molecule has 6 heteroatoms. The lowest BCUT2D eigenvalue weighted by Gasteiger charge is -2.34. The van der Waals surface area contributed by atoms with E-state index in [0.29, 0.717) is 5.75 Å². The van der Waals surface area contributed by atoms with Crippen molar-refractivity contribution in [3.63, 3.8) is 0 Å². The first kappa shape index (κ1) is 16.8. The molecule has 1 aromatic rings. The van der Waals surface area contributed by atoms with Crippen molar-refractivity contribution in [3.05, 3.63) is 35.9 Å². The van der Waals surface area contributed by atoms with Crippen LogP contribution in [0, 0.1) is 0 Å². The van der Waals surface area contributed by atoms with Crippen LogP contribution in [0.2, 0.25) is 0 Å². The Balaban J connectivity index is 1.84. The van der Waals surface area contributed by atoms with Crippen LogP contribution in [-0.4, -0.2) is 49.5 Å². The highest BCUT2D eigenvalue weighted by molar-refractivity contribution is 8.00. The number of hydrogen-bond acceptors (Lipinski definition) is 5. The zero-order chi connectivity index (χ0) is 15.3. The lowest BCUT2D eigenvalue weighted by molar-refractivity contribution is 0.262. The van der Waals surface area contributed by atoms with Gasteiger partial charge in [-0.2, -0.15) is 11.8 Å². The van der Waals surface area contributed by atoms with Crippen molar-refractivity contribution in [1.29, 1.82) is 0 Å². The average Bonchev–Trinajstić information content (AvgIpc) is 2.47. The molecule has 0 aromatic heterocycles. The van der Waals surface area contributed by atoms with Gasteiger partial charge in [0.05, 0.1) is 0 Å². The van der Waals surface area contributed by atoms with Crippen LogP contribution in [0.4, 0.5) is 0 Å². The second kappa shape index (κ2) is 7.63. The van der Waals surface area contributed by atoms with Gasteiger partial charge in [0.1, 0.15) is 5.37 Å². The van der Waals surface area contributed by atoms with E-state index in [1.54, 1.807) is 11.8 Å². The molecule has 0 spiro atoms. The Kier molecular flexibility index (Phi) is 6.10. The molecule has 2 unspecified atom stereocenters. The average molecular weight is 329 g/mol. The van der Waals surface area contributed by atoms with Crippen LogP contribution in [0.3, 0.4) is 0 Å². The second-order valence-corrected chi connectivity index (χ2v) is 8.91. The minimum atomic E-state index is -3.00. The molecule has 1 heterocycles. The van der Waals surface area contributed by atoms with Gasteiger partial charge < -0.3 is 5.73 Å². The highest BCUT2D eigenvalue weighted by Crippen LogP contribution is 2.22. The molecule has 1 aromatic carbocycles. The highest BCUT2D eigenvalue weighted by atomic mass is 32.2. The SMILES string of the molecule is CS(=O)(=O)C1CSCCN1CCCC(N)c1ccccc1. The van der Waals surface area contributed by atoms with E-state index in [1.807, 2.05) is 30.3 Å². The van der Waals surface area contributed by atoms with E-state index in [9.17, 15) is 8.42 Å². The summed E-state index contributed by atoms with van der Waals surface area (Å²) in [6.45, 7) is 1.65. The van der Waals surface area contributed by atoms with Gasteiger partial charge in [0.2, 0.25) is 0 Å². The Morgan fingerprint density at radius 2 is 2.10 bits per heavy atom. The Morgan fingerprint density at radius 3 is 2.76 bits per heavy atom. The molecule has 2 atom stereocenters. The number of nitrogens with two attached hydrogens (primary N) is 1. The lowest BCUT2D eigenvalue weighted by Crippen LogP contribution is -2.47. The van der Waals surface area contributed by atoms with Crippen LogP contribution < -0.4 is 5.73 Å². The summed E-state index contributed by atoms with van der Waals surface area (Å²) in [6, 6.07) is 10.1. The number of thioether (sulfide) groups is 1. The van der Waals surface area contributed by atoms with E-state index in [2.05, 4.69) is 4.90 Å². The third-order valence-corrected chi connectivity index (χ3v) is 6.56. The number of nitrogens with zero attached hydrogens (tertiary/aromatic N) is 1. The number of rotatable bonds is 6. The van der Waals surface area contributed by atoms with Crippen molar-refractivity contribution in [1.82, 2.24) is 4.90 Å². The van der Waals surface area contributed by atoms with Gasteiger partial charge in [-0.1, -0.05) is 30.3 Å². The van der Waals surface area contributed by atoms with E-state index in [0.717, 1.165) is 37.2 Å². The van der Waals surface area contributed by atoms with Gasteiger partial charge >= 0.3 is 0 Å². The van der Waals surface area contributed by atoms with E-state index >= 15 is 0 Å². The van der Waals surface area contributed by atoms with E-state index < -0.39 is 9.84 Å². The Labute approximate surface area is 132 Å². The Bertz CT molecular complexity index is 534. The molecule has 0 amide bonds. The summed E-state index contributed by atoms with van der Waals surface area (Å²) in [5, 5.41) is -0.329. The van der Waals surface area contributed by atoms with Crippen molar-refractivity contribution < 1.29 is 8.42 Å². The van der Waals surface area contributed by atoms with Crippen LogP contribution in [0.1, 0.15) is 24.4 Å². The van der Waals surface area contributed by atoms with E-state index in [4.69, 9.17) is 5.73 Å². The Morgan fingerprint density at radius 1 is 1.38 bits per heavy atom. The number of sulfone groups is 1. The smallest absolute Gasteiger partial charge is 0.164 e. The molecular weight excluding hydrogens is 304 g/mol. The maximum Gasteiger partial charge on any atom is 0.164 e. The molecule has 1 fully saturated rings. The normalized spacial score (nSPS) is 22.1. The molecule has 118 valence electrons. The fourth-order valence-electron chi connectivity index (χ4n) is 2.65. The summed E-state index contributed by atoms with van der Waals surface area (Å²) in [5.41, 5.74) is 7.33. The fourth-order valence-corrected chi connectivity index (χ4v) is 5.62. The first-order chi connectivity index (χ1) is 9.98. The molecule has 0 radical (unpaired) electrons. The third kappa shape index (κ3) is 4.98. The molecule has 0 bridgehead atoms. The number of hydrogen-bond donors (Lipinski definition) is 1. The van der Waals surface area contributed by atoms with E-state index in [-0.39, 0.29) is 11.4 Å². The predicted molar refractivity (Wildman–Crippen MR) is 90.1 cm³/mol. The summed E-state index contributed by atoms with van der Waals surface area (Å²) in [4.78, 5) is 2.10. The van der Waals surface area contributed by atoms with Crippen molar-refractivity contribution in [2.75, 3.05) is 30.9 Å². The topological polar surface area (TPSA) is 63.4 Å². The lowest BCUT2D eigenvalue weighted by atomic mass is 10.0. The summed E-state index contributed by atoms with van der Waals surface area (Å²) in [6.07, 6.45) is 3.14. The van der Waals surface area contributed by atoms with Gasteiger partial charge in [-0.05, 0) is 24.9 Å². The molecule has 2 N–H and O–H groups in total. The minimum absolute atomic E-state index is 0.0297. The molecule has 1 aliphatic heterocycles. The second-order valence-electron chi connectivity index (χ2n) is 5.55. The van der Waals surface area contributed by atoms with Crippen LogP contribution in [0.5, 0.6) is 0 Å². The minimum Gasteiger partial charge on any atom is -0.324 e. The van der Waals surface area contributed by atoms with Gasteiger partial charge in [-0.25, -0.2) is 8.42 Å². The summed E-state index contributed by atoms with van der Waals surface area (Å²) in [7, 11) is -3.00. The van der Waals surface area contributed by atoms with E-state index in [1.165, 1.54) is 6.26 Å². The molecule has 2 rings (SSSR count). The Hall–Kier alpha value is -0.560.